The molecule has 4 heteroatoms. The number of aromatic amines is 1. The van der Waals surface area contributed by atoms with E-state index in [4.69, 9.17) is 0 Å². The van der Waals surface area contributed by atoms with Crippen molar-refractivity contribution in [2.24, 2.45) is 5.92 Å². The molecule has 1 aromatic heterocycles. The first kappa shape index (κ1) is 13.7. The lowest BCUT2D eigenvalue weighted by Gasteiger charge is -2.14. The summed E-state index contributed by atoms with van der Waals surface area (Å²) in [5.74, 6) is 0.339. The average Bonchev–Trinajstić information content (AvgIpc) is 2.71. The molecule has 1 amide bonds. The van der Waals surface area contributed by atoms with Gasteiger partial charge < -0.3 is 5.32 Å². The normalized spacial score (nSPS) is 10.8. The minimum absolute atomic E-state index is 0.164. The Morgan fingerprint density at radius 2 is 2.06 bits per heavy atom. The van der Waals surface area contributed by atoms with Crippen molar-refractivity contribution in [1.82, 2.24) is 15.5 Å². The lowest BCUT2D eigenvalue weighted by Crippen LogP contribution is -2.30. The van der Waals surface area contributed by atoms with Crippen molar-refractivity contribution >= 4 is 5.91 Å². The molecule has 0 fully saturated rings. The monoisotopic (exact) mass is 237 g/mol. The summed E-state index contributed by atoms with van der Waals surface area (Å²) in [5.41, 5.74) is 2.08. The Labute approximate surface area is 103 Å². The summed E-state index contributed by atoms with van der Waals surface area (Å²) in [6, 6.07) is 0. The molecule has 17 heavy (non-hydrogen) atoms. The summed E-state index contributed by atoms with van der Waals surface area (Å²) in [6.45, 7) is 6.78. The van der Waals surface area contributed by atoms with Crippen molar-refractivity contribution < 1.29 is 4.79 Å². The number of nitrogens with one attached hydrogen (secondary N) is 2. The molecule has 1 heterocycles. The molecule has 0 spiro atoms. The highest BCUT2D eigenvalue weighted by Crippen LogP contribution is 2.14. The Morgan fingerprint density at radius 1 is 1.41 bits per heavy atom. The highest BCUT2D eigenvalue weighted by atomic mass is 16.1. The van der Waals surface area contributed by atoms with Gasteiger partial charge in [-0.3, -0.25) is 9.89 Å². The minimum Gasteiger partial charge on any atom is -0.352 e. The van der Waals surface area contributed by atoms with Crippen molar-refractivity contribution in [2.45, 2.75) is 53.0 Å². The maximum absolute atomic E-state index is 12.0. The van der Waals surface area contributed by atoms with E-state index in [-0.39, 0.29) is 11.8 Å². The zero-order chi connectivity index (χ0) is 12.7. The summed E-state index contributed by atoms with van der Waals surface area (Å²) in [7, 11) is 0. The van der Waals surface area contributed by atoms with E-state index in [1.165, 1.54) is 0 Å². The number of H-pyrrole nitrogens is 1. The first-order valence-corrected chi connectivity index (χ1v) is 6.45. The maximum Gasteiger partial charge on any atom is 0.223 e. The molecule has 0 saturated heterocycles. The third kappa shape index (κ3) is 4.21. The average molecular weight is 237 g/mol. The maximum atomic E-state index is 12.0. The van der Waals surface area contributed by atoms with Gasteiger partial charge in [0.25, 0.3) is 0 Å². The van der Waals surface area contributed by atoms with Crippen LogP contribution in [0.1, 0.15) is 50.8 Å². The summed E-state index contributed by atoms with van der Waals surface area (Å²) < 4.78 is 0. The first-order valence-electron chi connectivity index (χ1n) is 6.45. The topological polar surface area (TPSA) is 57.8 Å². The van der Waals surface area contributed by atoms with Gasteiger partial charge in [-0.05, 0) is 19.8 Å². The largest absolute Gasteiger partial charge is 0.352 e. The Hall–Kier alpha value is -1.32. The van der Waals surface area contributed by atoms with Crippen LogP contribution in [0.3, 0.4) is 0 Å². The number of carbonyl (C=O) groups is 1. The van der Waals surface area contributed by atoms with E-state index in [1.54, 1.807) is 6.20 Å². The zero-order valence-corrected chi connectivity index (χ0v) is 11.0. The Balaban J connectivity index is 2.44. The van der Waals surface area contributed by atoms with Crippen LogP contribution >= 0.6 is 0 Å². The Bertz CT molecular complexity index is 340. The third-order valence-corrected chi connectivity index (χ3v) is 3.03. The van der Waals surface area contributed by atoms with Crippen LogP contribution in [0, 0.1) is 12.8 Å². The van der Waals surface area contributed by atoms with Gasteiger partial charge in [-0.1, -0.05) is 26.7 Å². The van der Waals surface area contributed by atoms with Crippen LogP contribution in [0.5, 0.6) is 0 Å². The summed E-state index contributed by atoms with van der Waals surface area (Å²) in [6.07, 6.45) is 5.84. The van der Waals surface area contributed by atoms with Crippen LogP contribution in [0.15, 0.2) is 6.20 Å². The van der Waals surface area contributed by atoms with Crippen molar-refractivity contribution in [3.8, 4) is 0 Å². The van der Waals surface area contributed by atoms with Crippen LogP contribution in [-0.4, -0.2) is 16.1 Å². The van der Waals surface area contributed by atoms with Crippen molar-refractivity contribution in [3.63, 3.8) is 0 Å². The van der Waals surface area contributed by atoms with Gasteiger partial charge in [-0.25, -0.2) is 0 Å². The summed E-state index contributed by atoms with van der Waals surface area (Å²) in [5, 5.41) is 9.81. The Morgan fingerprint density at radius 3 is 2.53 bits per heavy atom. The van der Waals surface area contributed by atoms with Gasteiger partial charge in [-0.15, -0.1) is 0 Å². The predicted octanol–water partition coefficient (Wildman–Crippen LogP) is 2.55. The van der Waals surface area contributed by atoms with E-state index in [0.717, 1.165) is 36.9 Å². The molecular weight excluding hydrogens is 214 g/mol. The molecule has 96 valence electrons. The molecular formula is C13H23N3O. The summed E-state index contributed by atoms with van der Waals surface area (Å²) in [4.78, 5) is 12.0. The fourth-order valence-corrected chi connectivity index (χ4v) is 1.98. The molecule has 0 aliphatic heterocycles. The number of hydrogen-bond acceptors (Lipinski definition) is 2. The highest BCUT2D eigenvalue weighted by molar-refractivity contribution is 5.78. The molecule has 1 aromatic rings. The standard InChI is InChI=1S/C13H23N3O/c1-4-6-11(7-5-2)13(17)14-8-12-9-15-16-10(12)3/h9,11H,4-8H2,1-3H3,(H,14,17)(H,15,16). The van der Waals surface area contributed by atoms with E-state index in [0.29, 0.717) is 6.54 Å². The molecule has 4 nitrogen and oxygen atoms in total. The number of aromatic nitrogens is 2. The van der Waals surface area contributed by atoms with E-state index >= 15 is 0 Å². The molecule has 0 aromatic carbocycles. The van der Waals surface area contributed by atoms with Crippen LogP contribution in [0.2, 0.25) is 0 Å². The molecule has 0 unspecified atom stereocenters. The molecule has 0 bridgehead atoms. The number of hydrogen-bond donors (Lipinski definition) is 2. The fraction of sp³-hybridized carbons (Fsp3) is 0.692. The Kier molecular flexibility index (Phi) is 5.73. The molecule has 0 atom stereocenters. The number of aryl methyl sites for hydroxylation is 1. The number of nitrogens with zero attached hydrogens (tertiary/aromatic N) is 1. The van der Waals surface area contributed by atoms with Crippen LogP contribution in [-0.2, 0) is 11.3 Å². The second kappa shape index (κ2) is 7.09. The lowest BCUT2D eigenvalue weighted by molar-refractivity contribution is -0.125. The van der Waals surface area contributed by atoms with Crippen molar-refractivity contribution in [1.29, 1.82) is 0 Å². The predicted molar refractivity (Wildman–Crippen MR) is 68.5 cm³/mol. The van der Waals surface area contributed by atoms with E-state index in [9.17, 15) is 4.79 Å². The van der Waals surface area contributed by atoms with Crippen molar-refractivity contribution in [2.75, 3.05) is 0 Å². The first-order chi connectivity index (χ1) is 8.19. The molecule has 1 rings (SSSR count). The molecule has 0 aliphatic carbocycles. The van der Waals surface area contributed by atoms with Gasteiger partial charge in [0.1, 0.15) is 0 Å². The van der Waals surface area contributed by atoms with Crippen LogP contribution < -0.4 is 5.32 Å². The molecule has 0 saturated carbocycles. The fourth-order valence-electron chi connectivity index (χ4n) is 1.98. The number of amides is 1. The molecule has 0 aliphatic rings. The third-order valence-electron chi connectivity index (χ3n) is 3.03. The van der Waals surface area contributed by atoms with E-state index in [1.807, 2.05) is 6.92 Å². The quantitative estimate of drug-likeness (QED) is 0.765. The smallest absolute Gasteiger partial charge is 0.223 e. The van der Waals surface area contributed by atoms with Gasteiger partial charge in [0.05, 0.1) is 6.20 Å². The van der Waals surface area contributed by atoms with Crippen LogP contribution in [0.4, 0.5) is 0 Å². The molecule has 2 N–H and O–H groups in total. The SMILES string of the molecule is CCCC(CCC)C(=O)NCc1cn[nH]c1C. The summed E-state index contributed by atoms with van der Waals surface area (Å²) >= 11 is 0. The van der Waals surface area contributed by atoms with Gasteiger partial charge >= 0.3 is 0 Å². The van der Waals surface area contributed by atoms with Gasteiger partial charge in [0, 0.05) is 23.7 Å². The lowest BCUT2D eigenvalue weighted by atomic mass is 9.97. The van der Waals surface area contributed by atoms with Gasteiger partial charge in [0.15, 0.2) is 0 Å². The second-order valence-electron chi connectivity index (χ2n) is 4.51. The molecule has 0 radical (unpaired) electrons. The van der Waals surface area contributed by atoms with Crippen molar-refractivity contribution in [3.05, 3.63) is 17.5 Å². The van der Waals surface area contributed by atoms with Gasteiger partial charge in [0.2, 0.25) is 5.91 Å². The van der Waals surface area contributed by atoms with Crippen LogP contribution in [0.25, 0.3) is 0 Å². The number of rotatable bonds is 7. The van der Waals surface area contributed by atoms with E-state index < -0.39 is 0 Å². The van der Waals surface area contributed by atoms with Gasteiger partial charge in [-0.2, -0.15) is 5.10 Å². The minimum atomic E-state index is 0.164. The van der Waals surface area contributed by atoms with E-state index in [2.05, 4.69) is 29.4 Å². The second-order valence-corrected chi connectivity index (χ2v) is 4.51. The number of carbonyl (C=O) groups excluding carboxylic acids is 1. The zero-order valence-electron chi connectivity index (χ0n) is 11.0. The highest BCUT2D eigenvalue weighted by Gasteiger charge is 2.16.